The van der Waals surface area contributed by atoms with Crippen molar-refractivity contribution in [3.8, 4) is 0 Å². The lowest BCUT2D eigenvalue weighted by atomic mass is 9.62. The van der Waals surface area contributed by atoms with Gasteiger partial charge in [0, 0.05) is 6.42 Å². The Labute approximate surface area is 118 Å². The highest BCUT2D eigenvalue weighted by molar-refractivity contribution is 5.72. The fraction of sp³-hybridized carbons (Fsp3) is 0.875. The van der Waals surface area contributed by atoms with Gasteiger partial charge in [-0.1, -0.05) is 0 Å². The number of carbonyl (C=O) groups is 2. The van der Waals surface area contributed by atoms with Gasteiger partial charge in [-0.3, -0.25) is 9.59 Å². The van der Waals surface area contributed by atoms with Gasteiger partial charge in [-0.05, 0) is 73.5 Å². The smallest absolute Gasteiger partial charge is 0.307 e. The van der Waals surface area contributed by atoms with Crippen molar-refractivity contribution < 1.29 is 19.8 Å². The predicted molar refractivity (Wildman–Crippen MR) is 70.9 cm³/mol. The lowest BCUT2D eigenvalue weighted by molar-refractivity contribution is -0.149. The Morgan fingerprint density at radius 2 is 1.60 bits per heavy atom. The number of fused-ring (bicyclic) bond motifs is 9. The first-order chi connectivity index (χ1) is 9.58. The number of rotatable bonds is 4. The van der Waals surface area contributed by atoms with E-state index in [9.17, 15) is 14.7 Å². The van der Waals surface area contributed by atoms with Crippen molar-refractivity contribution in [3.05, 3.63) is 0 Å². The third-order valence-electron chi connectivity index (χ3n) is 7.03. The molecule has 0 aromatic rings. The number of hydrogen-bond acceptors (Lipinski definition) is 2. The minimum atomic E-state index is -0.790. The SMILES string of the molecule is O=C(O)CC[C@H]1[C@H]2C[C@H]([C@H]1C(=O)O)[C@@H]1[C@@H]3CC[C@H](C3)[C@@H]21. The molecule has 4 bridgehead atoms. The second kappa shape index (κ2) is 4.22. The topological polar surface area (TPSA) is 74.6 Å². The van der Waals surface area contributed by atoms with Crippen LogP contribution in [0.25, 0.3) is 0 Å². The van der Waals surface area contributed by atoms with Crippen LogP contribution in [0, 0.1) is 47.3 Å². The molecule has 20 heavy (non-hydrogen) atoms. The molecule has 0 unspecified atom stereocenters. The average Bonchev–Trinajstić information content (AvgIpc) is 3.11. The maximum Gasteiger partial charge on any atom is 0.307 e. The minimum Gasteiger partial charge on any atom is -0.481 e. The van der Waals surface area contributed by atoms with Gasteiger partial charge in [-0.25, -0.2) is 0 Å². The van der Waals surface area contributed by atoms with Gasteiger partial charge in [-0.2, -0.15) is 0 Å². The van der Waals surface area contributed by atoms with Gasteiger partial charge in [-0.15, -0.1) is 0 Å². The van der Waals surface area contributed by atoms with Gasteiger partial charge >= 0.3 is 11.9 Å². The molecule has 0 aliphatic heterocycles. The zero-order chi connectivity index (χ0) is 14.0. The molecule has 110 valence electrons. The predicted octanol–water partition coefficient (Wildman–Crippen LogP) is 2.48. The molecule has 4 fully saturated rings. The highest BCUT2D eigenvalue weighted by Crippen LogP contribution is 2.70. The summed E-state index contributed by atoms with van der Waals surface area (Å²) in [7, 11) is 0. The van der Waals surface area contributed by atoms with Crippen LogP contribution < -0.4 is 0 Å². The second-order valence-electron chi connectivity index (χ2n) is 7.51. The molecular formula is C16H22O4. The van der Waals surface area contributed by atoms with Crippen molar-refractivity contribution >= 4 is 11.9 Å². The number of aliphatic carboxylic acids is 2. The van der Waals surface area contributed by atoms with Crippen LogP contribution in [-0.2, 0) is 9.59 Å². The molecule has 0 spiro atoms. The molecule has 0 radical (unpaired) electrons. The van der Waals surface area contributed by atoms with Crippen molar-refractivity contribution in [1.29, 1.82) is 0 Å². The van der Waals surface area contributed by atoms with Gasteiger partial charge in [0.15, 0.2) is 0 Å². The Bertz CT molecular complexity index is 459. The van der Waals surface area contributed by atoms with E-state index in [-0.39, 0.29) is 18.3 Å². The summed E-state index contributed by atoms with van der Waals surface area (Å²) in [4.78, 5) is 22.5. The molecule has 4 aliphatic carbocycles. The summed E-state index contributed by atoms with van der Waals surface area (Å²) in [5.74, 6) is 2.22. The third kappa shape index (κ3) is 1.54. The first-order valence-electron chi connectivity index (χ1n) is 8.02. The number of carboxylic acid groups (broad SMARTS) is 2. The second-order valence-corrected chi connectivity index (χ2v) is 7.51. The van der Waals surface area contributed by atoms with Crippen LogP contribution in [0.1, 0.15) is 38.5 Å². The minimum absolute atomic E-state index is 0.120. The molecule has 0 saturated heterocycles. The van der Waals surface area contributed by atoms with E-state index >= 15 is 0 Å². The van der Waals surface area contributed by atoms with Crippen LogP contribution in [0.15, 0.2) is 0 Å². The van der Waals surface area contributed by atoms with Crippen LogP contribution in [0.2, 0.25) is 0 Å². The lowest BCUT2D eigenvalue weighted by Crippen LogP contribution is -2.41. The molecule has 2 N–H and O–H groups in total. The first kappa shape index (κ1) is 12.7. The summed E-state index contributed by atoms with van der Waals surface area (Å²) >= 11 is 0. The maximum absolute atomic E-state index is 11.7. The first-order valence-corrected chi connectivity index (χ1v) is 8.02. The summed E-state index contributed by atoms with van der Waals surface area (Å²) in [6.45, 7) is 0. The van der Waals surface area contributed by atoms with E-state index in [1.165, 1.54) is 19.3 Å². The Morgan fingerprint density at radius 3 is 2.20 bits per heavy atom. The fourth-order valence-corrected chi connectivity index (χ4v) is 6.76. The van der Waals surface area contributed by atoms with Gasteiger partial charge in [0.05, 0.1) is 5.92 Å². The monoisotopic (exact) mass is 278 g/mol. The molecule has 4 aliphatic rings. The van der Waals surface area contributed by atoms with E-state index in [1.54, 1.807) is 0 Å². The van der Waals surface area contributed by atoms with Gasteiger partial charge < -0.3 is 10.2 Å². The zero-order valence-electron chi connectivity index (χ0n) is 11.6. The summed E-state index contributed by atoms with van der Waals surface area (Å²) in [5, 5.41) is 18.5. The van der Waals surface area contributed by atoms with E-state index in [2.05, 4.69) is 0 Å². The van der Waals surface area contributed by atoms with Crippen molar-refractivity contribution in [2.24, 2.45) is 47.3 Å². The maximum atomic E-state index is 11.7. The third-order valence-corrected chi connectivity index (χ3v) is 7.03. The largest absolute Gasteiger partial charge is 0.481 e. The Hall–Kier alpha value is -1.06. The molecular weight excluding hydrogens is 256 g/mol. The van der Waals surface area contributed by atoms with Crippen molar-refractivity contribution in [3.63, 3.8) is 0 Å². The van der Waals surface area contributed by atoms with Crippen molar-refractivity contribution in [2.75, 3.05) is 0 Å². The summed E-state index contributed by atoms with van der Waals surface area (Å²) in [6, 6.07) is 0. The molecule has 4 heteroatoms. The Kier molecular flexibility index (Phi) is 2.67. The summed E-state index contributed by atoms with van der Waals surface area (Å²) in [6.07, 6.45) is 5.71. The van der Waals surface area contributed by atoms with E-state index in [0.29, 0.717) is 24.2 Å². The van der Waals surface area contributed by atoms with Crippen molar-refractivity contribution in [1.82, 2.24) is 0 Å². The molecule has 0 aromatic heterocycles. The van der Waals surface area contributed by atoms with Crippen LogP contribution in [0.3, 0.4) is 0 Å². The quantitative estimate of drug-likeness (QED) is 0.775. The average molecular weight is 278 g/mol. The van der Waals surface area contributed by atoms with Crippen LogP contribution in [-0.4, -0.2) is 22.2 Å². The van der Waals surface area contributed by atoms with Crippen LogP contribution >= 0.6 is 0 Å². The fourth-order valence-electron chi connectivity index (χ4n) is 6.76. The summed E-state index contributed by atoms with van der Waals surface area (Å²) in [5.41, 5.74) is 0. The molecule has 0 heterocycles. The van der Waals surface area contributed by atoms with Crippen LogP contribution in [0.5, 0.6) is 0 Å². The van der Waals surface area contributed by atoms with Gasteiger partial charge in [0.1, 0.15) is 0 Å². The van der Waals surface area contributed by atoms with Crippen LogP contribution in [0.4, 0.5) is 0 Å². The highest BCUT2D eigenvalue weighted by Gasteiger charge is 2.66. The van der Waals surface area contributed by atoms with Gasteiger partial charge in [0.25, 0.3) is 0 Å². The zero-order valence-corrected chi connectivity index (χ0v) is 11.6. The Balaban J connectivity index is 1.60. The van der Waals surface area contributed by atoms with E-state index in [0.717, 1.165) is 24.2 Å². The van der Waals surface area contributed by atoms with Crippen molar-refractivity contribution in [2.45, 2.75) is 38.5 Å². The molecule has 4 saturated carbocycles. The van der Waals surface area contributed by atoms with E-state index in [4.69, 9.17) is 5.11 Å². The standard InChI is InChI=1S/C16H22O4/c17-12(18)4-3-9-10-6-11(15(9)16(19)20)14-8-2-1-7(5-8)13(10)14/h7-11,13-15H,1-6H2,(H,17,18)(H,19,20)/t7-,8-,9+,10-,11+,13+,14+,15+/m1/s1. The molecule has 0 amide bonds. The van der Waals surface area contributed by atoms with E-state index in [1.807, 2.05) is 0 Å². The molecule has 4 rings (SSSR count). The molecule has 0 aromatic carbocycles. The normalized spacial score (nSPS) is 51.4. The number of hydrogen-bond donors (Lipinski definition) is 2. The van der Waals surface area contributed by atoms with E-state index < -0.39 is 11.9 Å². The molecule has 4 nitrogen and oxygen atoms in total. The Morgan fingerprint density at radius 1 is 0.950 bits per heavy atom. The summed E-state index contributed by atoms with van der Waals surface area (Å²) < 4.78 is 0. The number of carboxylic acids is 2. The highest BCUT2D eigenvalue weighted by atomic mass is 16.4. The van der Waals surface area contributed by atoms with Gasteiger partial charge in [0.2, 0.25) is 0 Å². The lowest BCUT2D eigenvalue weighted by Gasteiger charge is -2.41. The molecule has 8 atom stereocenters.